The first-order valence-corrected chi connectivity index (χ1v) is 8.33. The van der Waals surface area contributed by atoms with E-state index in [9.17, 15) is 9.90 Å². The van der Waals surface area contributed by atoms with Crippen LogP contribution in [-0.4, -0.2) is 16.8 Å². The maximum Gasteiger partial charge on any atom is 0.407 e. The zero-order valence-corrected chi connectivity index (χ0v) is 15.3. The van der Waals surface area contributed by atoms with E-state index >= 15 is 0 Å². The fourth-order valence-corrected chi connectivity index (χ4v) is 2.59. The molecule has 0 saturated heterocycles. The van der Waals surface area contributed by atoms with Crippen LogP contribution in [0.3, 0.4) is 0 Å². The zero-order chi connectivity index (χ0) is 18.6. The number of halogens is 1. The van der Waals surface area contributed by atoms with E-state index in [1.165, 1.54) is 0 Å². The summed E-state index contributed by atoms with van der Waals surface area (Å²) in [4.78, 5) is 11.8. The molecule has 4 N–H and O–H groups in total. The minimum Gasteiger partial charge on any atom is -0.444 e. The fraction of sp³-hybridized carbons (Fsp3) is 0.316. The Bertz CT molecular complexity index is 757. The Balaban J connectivity index is 2.18. The molecule has 1 atom stereocenters. The van der Waals surface area contributed by atoms with Gasteiger partial charge in [-0.15, -0.1) is 0 Å². The van der Waals surface area contributed by atoms with Gasteiger partial charge in [-0.05, 0) is 44.0 Å². The fourth-order valence-electron chi connectivity index (χ4n) is 2.41. The van der Waals surface area contributed by atoms with Crippen LogP contribution in [0, 0.1) is 0 Å². The summed E-state index contributed by atoms with van der Waals surface area (Å²) in [7, 11) is 0. The van der Waals surface area contributed by atoms with Crippen LogP contribution in [0.25, 0.3) is 0 Å². The van der Waals surface area contributed by atoms with Crippen molar-refractivity contribution in [1.82, 2.24) is 5.32 Å². The summed E-state index contributed by atoms with van der Waals surface area (Å²) >= 11 is 5.91. The van der Waals surface area contributed by atoms with Crippen LogP contribution in [0.2, 0.25) is 5.02 Å². The number of carbonyl (C=O) groups is 1. The summed E-state index contributed by atoms with van der Waals surface area (Å²) in [6.45, 7) is 5.63. The first kappa shape index (κ1) is 19.1. The number of anilines is 1. The predicted molar refractivity (Wildman–Crippen MR) is 99.4 cm³/mol. The van der Waals surface area contributed by atoms with Crippen LogP contribution in [-0.2, 0) is 11.3 Å². The molecular weight excluding hydrogens is 340 g/mol. The third kappa shape index (κ3) is 5.37. The third-order valence-corrected chi connectivity index (χ3v) is 3.75. The van der Waals surface area contributed by atoms with E-state index in [0.29, 0.717) is 21.8 Å². The maximum absolute atomic E-state index is 11.8. The number of aliphatic hydroxyl groups excluding tert-OH is 1. The Labute approximate surface area is 152 Å². The second-order valence-electron chi connectivity index (χ2n) is 6.73. The van der Waals surface area contributed by atoms with Crippen molar-refractivity contribution in [2.45, 2.75) is 39.0 Å². The van der Waals surface area contributed by atoms with E-state index in [1.807, 2.05) is 18.2 Å². The lowest BCUT2D eigenvalue weighted by molar-refractivity contribution is 0.0523. The van der Waals surface area contributed by atoms with Crippen molar-refractivity contribution < 1.29 is 14.6 Å². The van der Waals surface area contributed by atoms with E-state index in [-0.39, 0.29) is 6.54 Å². The maximum atomic E-state index is 11.8. The van der Waals surface area contributed by atoms with Gasteiger partial charge in [-0.2, -0.15) is 0 Å². The molecule has 134 valence electrons. The molecule has 0 fully saturated rings. The summed E-state index contributed by atoms with van der Waals surface area (Å²) in [5.74, 6) is 0. The number of hydrogen-bond donors (Lipinski definition) is 3. The molecule has 2 aromatic rings. The molecule has 2 rings (SSSR count). The van der Waals surface area contributed by atoms with Gasteiger partial charge in [0, 0.05) is 22.8 Å². The normalized spacial score (nSPS) is 12.5. The van der Waals surface area contributed by atoms with Crippen molar-refractivity contribution in [3.8, 4) is 0 Å². The number of nitrogen functional groups attached to an aromatic ring is 1. The smallest absolute Gasteiger partial charge is 0.407 e. The average molecular weight is 363 g/mol. The van der Waals surface area contributed by atoms with Gasteiger partial charge in [0.15, 0.2) is 0 Å². The Morgan fingerprint density at radius 2 is 1.92 bits per heavy atom. The molecular formula is C19H23ClN2O3. The molecule has 1 amide bonds. The van der Waals surface area contributed by atoms with Crippen LogP contribution in [0.15, 0.2) is 42.5 Å². The molecule has 2 aromatic carbocycles. The summed E-state index contributed by atoms with van der Waals surface area (Å²) in [6.07, 6.45) is -1.43. The van der Waals surface area contributed by atoms with Gasteiger partial charge >= 0.3 is 6.09 Å². The molecule has 0 aliphatic carbocycles. The van der Waals surface area contributed by atoms with Crippen LogP contribution in [0.1, 0.15) is 43.6 Å². The number of ether oxygens (including phenoxy) is 1. The summed E-state index contributed by atoms with van der Waals surface area (Å²) in [6, 6.07) is 12.3. The van der Waals surface area contributed by atoms with Gasteiger partial charge in [0.05, 0.1) is 0 Å². The van der Waals surface area contributed by atoms with Crippen molar-refractivity contribution in [2.24, 2.45) is 0 Å². The van der Waals surface area contributed by atoms with E-state index in [1.54, 1.807) is 45.0 Å². The Morgan fingerprint density at radius 3 is 2.56 bits per heavy atom. The van der Waals surface area contributed by atoms with Crippen LogP contribution >= 0.6 is 11.6 Å². The molecule has 0 aromatic heterocycles. The van der Waals surface area contributed by atoms with E-state index in [4.69, 9.17) is 22.1 Å². The molecule has 1 unspecified atom stereocenters. The summed E-state index contributed by atoms with van der Waals surface area (Å²) in [5, 5.41) is 13.9. The summed E-state index contributed by atoms with van der Waals surface area (Å²) in [5.41, 5.74) is 7.81. The number of benzene rings is 2. The number of hydrogen-bond acceptors (Lipinski definition) is 4. The molecule has 0 spiro atoms. The Hall–Kier alpha value is -2.24. The minimum atomic E-state index is -0.922. The molecule has 6 heteroatoms. The van der Waals surface area contributed by atoms with Crippen molar-refractivity contribution in [1.29, 1.82) is 0 Å². The highest BCUT2D eigenvalue weighted by atomic mass is 35.5. The zero-order valence-electron chi connectivity index (χ0n) is 14.5. The standard InChI is InChI=1S/C19H23ClN2O3/c1-19(2,3)25-18(24)22-11-12-6-4-5-7-14(12)17(23)15-9-8-13(20)10-16(15)21/h4-10,17,23H,11,21H2,1-3H3,(H,22,24). The SMILES string of the molecule is CC(C)(C)OC(=O)NCc1ccccc1C(O)c1ccc(Cl)cc1N. The van der Waals surface area contributed by atoms with Crippen LogP contribution in [0.5, 0.6) is 0 Å². The quantitative estimate of drug-likeness (QED) is 0.717. The van der Waals surface area contributed by atoms with Crippen LogP contribution in [0.4, 0.5) is 10.5 Å². The lowest BCUT2D eigenvalue weighted by Gasteiger charge is -2.21. The summed E-state index contributed by atoms with van der Waals surface area (Å²) < 4.78 is 5.23. The molecule has 0 heterocycles. The van der Waals surface area contributed by atoms with Gasteiger partial charge in [-0.25, -0.2) is 4.79 Å². The number of carbonyl (C=O) groups excluding carboxylic acids is 1. The molecule has 5 nitrogen and oxygen atoms in total. The van der Waals surface area contributed by atoms with Gasteiger partial charge in [0.25, 0.3) is 0 Å². The predicted octanol–water partition coefficient (Wildman–Crippen LogP) is 4.03. The molecule has 0 aliphatic rings. The molecule has 0 bridgehead atoms. The highest BCUT2D eigenvalue weighted by molar-refractivity contribution is 6.30. The number of aliphatic hydroxyl groups is 1. The number of nitrogens with two attached hydrogens (primary N) is 1. The van der Waals surface area contributed by atoms with Crippen molar-refractivity contribution >= 4 is 23.4 Å². The minimum absolute atomic E-state index is 0.232. The number of nitrogens with one attached hydrogen (secondary N) is 1. The molecule has 0 aliphatic heterocycles. The highest BCUT2D eigenvalue weighted by Gasteiger charge is 2.19. The Kier molecular flexibility index (Phi) is 5.93. The van der Waals surface area contributed by atoms with Gasteiger partial charge in [0.1, 0.15) is 11.7 Å². The van der Waals surface area contributed by atoms with E-state index in [2.05, 4.69) is 5.32 Å². The monoisotopic (exact) mass is 362 g/mol. The van der Waals surface area contributed by atoms with E-state index in [0.717, 1.165) is 5.56 Å². The number of amides is 1. The van der Waals surface area contributed by atoms with Crippen molar-refractivity contribution in [2.75, 3.05) is 5.73 Å². The van der Waals surface area contributed by atoms with Gasteiger partial charge < -0.3 is 20.9 Å². The second-order valence-corrected chi connectivity index (χ2v) is 7.17. The average Bonchev–Trinajstić information content (AvgIpc) is 2.51. The highest BCUT2D eigenvalue weighted by Crippen LogP contribution is 2.30. The lowest BCUT2D eigenvalue weighted by Crippen LogP contribution is -2.32. The Morgan fingerprint density at radius 1 is 1.24 bits per heavy atom. The van der Waals surface area contributed by atoms with Gasteiger partial charge in [0.2, 0.25) is 0 Å². The number of rotatable bonds is 4. The molecule has 0 radical (unpaired) electrons. The molecule has 25 heavy (non-hydrogen) atoms. The third-order valence-electron chi connectivity index (χ3n) is 3.52. The van der Waals surface area contributed by atoms with Gasteiger partial charge in [-0.3, -0.25) is 0 Å². The van der Waals surface area contributed by atoms with E-state index < -0.39 is 17.8 Å². The first-order chi connectivity index (χ1) is 11.7. The lowest BCUT2D eigenvalue weighted by atomic mass is 9.95. The van der Waals surface area contributed by atoms with Crippen LogP contribution < -0.4 is 11.1 Å². The first-order valence-electron chi connectivity index (χ1n) is 7.95. The topological polar surface area (TPSA) is 84.6 Å². The molecule has 0 saturated carbocycles. The largest absolute Gasteiger partial charge is 0.444 e. The van der Waals surface area contributed by atoms with Gasteiger partial charge in [-0.1, -0.05) is 41.9 Å². The van der Waals surface area contributed by atoms with Crippen molar-refractivity contribution in [3.05, 3.63) is 64.2 Å². The van der Waals surface area contributed by atoms with Crippen molar-refractivity contribution in [3.63, 3.8) is 0 Å². The number of alkyl carbamates (subject to hydrolysis) is 1. The second kappa shape index (κ2) is 7.76.